The molecule has 2 aromatic rings. The summed E-state index contributed by atoms with van der Waals surface area (Å²) >= 11 is 0. The number of carbonyl (C=O) groups is 1. The Morgan fingerprint density at radius 3 is 2.26 bits per heavy atom. The molecule has 4 nitrogen and oxygen atoms in total. The second kappa shape index (κ2) is 7.18. The molecule has 0 saturated heterocycles. The van der Waals surface area contributed by atoms with E-state index in [4.69, 9.17) is 4.74 Å². The highest BCUT2D eigenvalue weighted by molar-refractivity contribution is 5.87. The summed E-state index contributed by atoms with van der Waals surface area (Å²) in [5.41, 5.74) is 3.15. The molecule has 2 rings (SSSR count). The molecule has 4 heteroatoms. The van der Waals surface area contributed by atoms with Gasteiger partial charge in [-0.1, -0.05) is 44.2 Å². The average Bonchev–Trinajstić information content (AvgIpc) is 2.60. The van der Waals surface area contributed by atoms with Crippen LogP contribution in [0.4, 0.5) is 16.2 Å². The SMILES string of the molecule is COC(=O)N(C)c1ccc(NCC(C)(C)c2ccccc2)cc1. The first kappa shape index (κ1) is 16.9. The van der Waals surface area contributed by atoms with Crippen LogP contribution in [0.15, 0.2) is 54.6 Å². The Morgan fingerprint density at radius 2 is 1.70 bits per heavy atom. The summed E-state index contributed by atoms with van der Waals surface area (Å²) in [7, 11) is 3.06. The Labute approximate surface area is 138 Å². The van der Waals surface area contributed by atoms with Gasteiger partial charge in [0, 0.05) is 30.4 Å². The van der Waals surface area contributed by atoms with Gasteiger partial charge in [0.05, 0.1) is 7.11 Å². The van der Waals surface area contributed by atoms with E-state index in [1.165, 1.54) is 17.6 Å². The lowest BCUT2D eigenvalue weighted by atomic mass is 9.84. The van der Waals surface area contributed by atoms with E-state index in [0.29, 0.717) is 0 Å². The van der Waals surface area contributed by atoms with Gasteiger partial charge in [-0.05, 0) is 29.8 Å². The first-order valence-electron chi connectivity index (χ1n) is 7.65. The van der Waals surface area contributed by atoms with Crippen molar-refractivity contribution in [1.29, 1.82) is 0 Å². The number of hydrogen-bond donors (Lipinski definition) is 1. The van der Waals surface area contributed by atoms with Crippen LogP contribution in [0, 0.1) is 0 Å². The van der Waals surface area contributed by atoms with Crippen molar-refractivity contribution >= 4 is 17.5 Å². The maximum Gasteiger partial charge on any atom is 0.413 e. The highest BCUT2D eigenvalue weighted by Crippen LogP contribution is 2.24. The second-order valence-corrected chi connectivity index (χ2v) is 6.18. The number of hydrogen-bond acceptors (Lipinski definition) is 3. The van der Waals surface area contributed by atoms with Crippen molar-refractivity contribution in [2.75, 3.05) is 30.9 Å². The number of anilines is 2. The van der Waals surface area contributed by atoms with Crippen LogP contribution in [-0.2, 0) is 10.2 Å². The minimum Gasteiger partial charge on any atom is -0.452 e. The normalized spacial score (nSPS) is 11.0. The number of carbonyl (C=O) groups excluding carboxylic acids is 1. The maximum absolute atomic E-state index is 11.5. The molecule has 0 radical (unpaired) electrons. The zero-order valence-corrected chi connectivity index (χ0v) is 14.2. The molecule has 0 aliphatic heterocycles. The lowest BCUT2D eigenvalue weighted by molar-refractivity contribution is 0.180. The lowest BCUT2D eigenvalue weighted by Crippen LogP contribution is -2.27. The van der Waals surface area contributed by atoms with E-state index in [-0.39, 0.29) is 11.5 Å². The Balaban J connectivity index is 2.00. The summed E-state index contributed by atoms with van der Waals surface area (Å²) in [6, 6.07) is 18.2. The monoisotopic (exact) mass is 312 g/mol. The first-order valence-corrected chi connectivity index (χ1v) is 7.65. The van der Waals surface area contributed by atoms with Gasteiger partial charge in [0.1, 0.15) is 0 Å². The van der Waals surface area contributed by atoms with Gasteiger partial charge in [-0.2, -0.15) is 0 Å². The smallest absolute Gasteiger partial charge is 0.413 e. The van der Waals surface area contributed by atoms with Gasteiger partial charge in [-0.15, -0.1) is 0 Å². The van der Waals surface area contributed by atoms with Crippen LogP contribution in [0.25, 0.3) is 0 Å². The number of rotatable bonds is 5. The molecule has 0 atom stereocenters. The van der Waals surface area contributed by atoms with Crippen molar-refractivity contribution in [2.45, 2.75) is 19.3 Å². The van der Waals surface area contributed by atoms with Crippen molar-refractivity contribution in [3.8, 4) is 0 Å². The van der Waals surface area contributed by atoms with Gasteiger partial charge < -0.3 is 10.1 Å². The van der Waals surface area contributed by atoms with E-state index in [1.807, 2.05) is 30.3 Å². The van der Waals surface area contributed by atoms with Crippen LogP contribution in [0.5, 0.6) is 0 Å². The minimum atomic E-state index is -0.379. The molecule has 0 aliphatic carbocycles. The summed E-state index contributed by atoms with van der Waals surface area (Å²) in [4.78, 5) is 13.0. The summed E-state index contributed by atoms with van der Waals surface area (Å²) in [6.45, 7) is 5.26. The van der Waals surface area contributed by atoms with E-state index in [9.17, 15) is 4.79 Å². The molecule has 0 spiro atoms. The molecule has 0 heterocycles. The molecule has 0 unspecified atom stereocenters. The van der Waals surface area contributed by atoms with Crippen molar-refractivity contribution in [2.24, 2.45) is 0 Å². The zero-order chi connectivity index (χ0) is 16.9. The van der Waals surface area contributed by atoms with E-state index in [1.54, 1.807) is 7.05 Å². The zero-order valence-electron chi connectivity index (χ0n) is 14.2. The van der Waals surface area contributed by atoms with Crippen LogP contribution in [0.3, 0.4) is 0 Å². The summed E-state index contributed by atoms with van der Waals surface area (Å²) in [5.74, 6) is 0. The molecule has 1 N–H and O–H groups in total. The Kier molecular flexibility index (Phi) is 5.27. The molecular weight excluding hydrogens is 288 g/mol. The van der Waals surface area contributed by atoms with E-state index in [2.05, 4.69) is 43.4 Å². The minimum absolute atomic E-state index is 0.0305. The fraction of sp³-hybridized carbons (Fsp3) is 0.316. The predicted octanol–water partition coefficient (Wildman–Crippen LogP) is 4.28. The third-order valence-corrected chi connectivity index (χ3v) is 3.99. The van der Waals surface area contributed by atoms with Crippen molar-refractivity contribution < 1.29 is 9.53 Å². The van der Waals surface area contributed by atoms with Gasteiger partial charge in [0.2, 0.25) is 0 Å². The van der Waals surface area contributed by atoms with Crippen LogP contribution < -0.4 is 10.2 Å². The number of benzene rings is 2. The Bertz CT molecular complexity index is 636. The van der Waals surface area contributed by atoms with E-state index >= 15 is 0 Å². The largest absolute Gasteiger partial charge is 0.452 e. The predicted molar refractivity (Wildman–Crippen MR) is 95.2 cm³/mol. The summed E-state index contributed by atoms with van der Waals surface area (Å²) < 4.78 is 4.71. The molecule has 0 aromatic heterocycles. The average molecular weight is 312 g/mol. The van der Waals surface area contributed by atoms with Gasteiger partial charge in [0.25, 0.3) is 0 Å². The Morgan fingerprint density at radius 1 is 1.09 bits per heavy atom. The van der Waals surface area contributed by atoms with Crippen LogP contribution >= 0.6 is 0 Å². The molecule has 0 fully saturated rings. The second-order valence-electron chi connectivity index (χ2n) is 6.18. The van der Waals surface area contributed by atoms with Crippen molar-refractivity contribution in [1.82, 2.24) is 0 Å². The third kappa shape index (κ3) is 4.25. The van der Waals surface area contributed by atoms with Crippen LogP contribution in [0.2, 0.25) is 0 Å². The molecule has 0 aliphatic rings. The van der Waals surface area contributed by atoms with E-state index < -0.39 is 0 Å². The number of amides is 1. The summed E-state index contributed by atoms with van der Waals surface area (Å²) in [5, 5.41) is 3.46. The number of nitrogens with one attached hydrogen (secondary N) is 1. The fourth-order valence-electron chi connectivity index (χ4n) is 2.36. The fourth-order valence-corrected chi connectivity index (χ4v) is 2.36. The molecule has 0 saturated carbocycles. The summed E-state index contributed by atoms with van der Waals surface area (Å²) in [6.07, 6.45) is -0.379. The molecule has 122 valence electrons. The number of nitrogens with zero attached hydrogens (tertiary/aromatic N) is 1. The van der Waals surface area contributed by atoms with Gasteiger partial charge in [-0.25, -0.2) is 4.79 Å². The third-order valence-electron chi connectivity index (χ3n) is 3.99. The molecular formula is C19H24N2O2. The van der Waals surface area contributed by atoms with Gasteiger partial charge in [-0.3, -0.25) is 4.90 Å². The molecule has 23 heavy (non-hydrogen) atoms. The first-order chi connectivity index (χ1) is 10.9. The van der Waals surface area contributed by atoms with Crippen LogP contribution in [-0.4, -0.2) is 26.8 Å². The molecule has 0 bridgehead atoms. The lowest BCUT2D eigenvalue weighted by Gasteiger charge is -2.26. The standard InChI is InChI=1S/C19H24N2O2/c1-19(2,15-8-6-5-7-9-15)14-20-16-10-12-17(13-11-16)21(3)18(22)23-4/h5-13,20H,14H2,1-4H3. The molecule has 2 aromatic carbocycles. The number of ether oxygens (including phenoxy) is 1. The highest BCUT2D eigenvalue weighted by atomic mass is 16.5. The van der Waals surface area contributed by atoms with Crippen molar-refractivity contribution in [3.63, 3.8) is 0 Å². The van der Waals surface area contributed by atoms with E-state index in [0.717, 1.165) is 17.9 Å². The van der Waals surface area contributed by atoms with Crippen LogP contribution in [0.1, 0.15) is 19.4 Å². The van der Waals surface area contributed by atoms with Gasteiger partial charge >= 0.3 is 6.09 Å². The molecule has 1 amide bonds. The van der Waals surface area contributed by atoms with Crippen molar-refractivity contribution in [3.05, 3.63) is 60.2 Å². The highest BCUT2D eigenvalue weighted by Gasteiger charge is 2.19. The van der Waals surface area contributed by atoms with Gasteiger partial charge in [0.15, 0.2) is 0 Å². The maximum atomic E-state index is 11.5. The topological polar surface area (TPSA) is 41.6 Å². The number of methoxy groups -OCH3 is 1. The Hall–Kier alpha value is -2.49. The quantitative estimate of drug-likeness (QED) is 0.896.